The first-order valence-electron chi connectivity index (χ1n) is 8.75. The van der Waals surface area contributed by atoms with Crippen molar-refractivity contribution in [3.8, 4) is 11.5 Å². The van der Waals surface area contributed by atoms with Crippen LogP contribution in [0.5, 0.6) is 11.5 Å². The van der Waals surface area contributed by atoms with Crippen molar-refractivity contribution in [1.82, 2.24) is 10.6 Å². The fourth-order valence-corrected chi connectivity index (χ4v) is 2.46. The Bertz CT molecular complexity index is 741. The summed E-state index contributed by atoms with van der Waals surface area (Å²) in [4.78, 5) is 12.1. The fourth-order valence-electron chi connectivity index (χ4n) is 2.46. The predicted molar refractivity (Wildman–Crippen MR) is 99.3 cm³/mol. The number of carbonyl (C=O) groups is 1. The summed E-state index contributed by atoms with van der Waals surface area (Å²) in [6, 6.07) is 13.7. The normalized spacial score (nSPS) is 11.7. The highest BCUT2D eigenvalue weighted by atomic mass is 19.3. The molecule has 0 heterocycles. The molecule has 2 aromatic carbocycles. The molecule has 5 nitrogen and oxygen atoms in total. The Morgan fingerprint density at radius 1 is 1.07 bits per heavy atom. The average molecular weight is 378 g/mol. The number of carbonyl (C=O) groups excluding carboxylic acids is 1. The largest absolute Gasteiger partial charge is 0.494 e. The Balaban J connectivity index is 1.85. The quantitative estimate of drug-likeness (QED) is 0.684. The molecule has 0 fully saturated rings. The van der Waals surface area contributed by atoms with Crippen molar-refractivity contribution in [2.24, 2.45) is 0 Å². The van der Waals surface area contributed by atoms with Crippen LogP contribution >= 0.6 is 0 Å². The smallest absolute Gasteiger partial charge is 0.315 e. The molecule has 1 atom stereocenters. The fraction of sp³-hybridized carbons (Fsp3) is 0.350. The molecule has 0 saturated carbocycles. The van der Waals surface area contributed by atoms with E-state index >= 15 is 0 Å². The maximum Gasteiger partial charge on any atom is 0.315 e. The van der Waals surface area contributed by atoms with Gasteiger partial charge in [0.05, 0.1) is 12.6 Å². The van der Waals surface area contributed by atoms with E-state index in [1.165, 1.54) is 0 Å². The van der Waals surface area contributed by atoms with Crippen LogP contribution < -0.4 is 20.1 Å². The third-order valence-corrected chi connectivity index (χ3v) is 3.74. The van der Waals surface area contributed by atoms with Gasteiger partial charge in [-0.15, -0.1) is 0 Å². The zero-order valence-corrected chi connectivity index (χ0v) is 15.4. The third-order valence-electron chi connectivity index (χ3n) is 3.74. The minimum Gasteiger partial charge on any atom is -0.494 e. The van der Waals surface area contributed by atoms with Crippen LogP contribution in [0.2, 0.25) is 0 Å². The third kappa shape index (κ3) is 7.13. The Morgan fingerprint density at radius 3 is 2.48 bits per heavy atom. The summed E-state index contributed by atoms with van der Waals surface area (Å²) in [6.07, 6.45) is -2.53. The Morgan fingerprint density at radius 2 is 1.78 bits per heavy atom. The molecule has 0 bridgehead atoms. The van der Waals surface area contributed by atoms with Gasteiger partial charge in [0.15, 0.2) is 0 Å². The predicted octanol–water partition coefficient (Wildman–Crippen LogP) is 4.29. The second kappa shape index (κ2) is 10.4. The molecule has 2 aromatic rings. The van der Waals surface area contributed by atoms with Gasteiger partial charge in [-0.1, -0.05) is 24.3 Å². The number of halogens is 2. The number of urea groups is 1. The number of hydrogen-bond acceptors (Lipinski definition) is 3. The van der Waals surface area contributed by atoms with Crippen molar-refractivity contribution < 1.29 is 23.0 Å². The standard InChI is InChI=1S/C20H24F2N2O3/c1-3-26-18-9-5-7-16(11-18)14(2)24-20(25)23-12-15-6-4-8-17(10-15)27-13-19(21)22/h4-11,14,19H,3,12-13H2,1-2H3,(H2,23,24,25). The average Bonchev–Trinajstić information content (AvgIpc) is 2.65. The van der Waals surface area contributed by atoms with Gasteiger partial charge < -0.3 is 20.1 Å². The molecule has 0 saturated heterocycles. The van der Waals surface area contributed by atoms with E-state index in [1.807, 2.05) is 38.1 Å². The van der Waals surface area contributed by atoms with Crippen LogP contribution in [0.1, 0.15) is 31.0 Å². The van der Waals surface area contributed by atoms with Crippen LogP contribution in [0.4, 0.5) is 13.6 Å². The van der Waals surface area contributed by atoms with Crippen molar-refractivity contribution in [2.75, 3.05) is 13.2 Å². The number of alkyl halides is 2. The second-order valence-electron chi connectivity index (χ2n) is 5.90. The van der Waals surface area contributed by atoms with E-state index in [1.54, 1.807) is 24.3 Å². The Labute approximate surface area is 157 Å². The van der Waals surface area contributed by atoms with Gasteiger partial charge in [-0.3, -0.25) is 0 Å². The molecule has 2 N–H and O–H groups in total. The first kappa shape index (κ1) is 20.5. The van der Waals surface area contributed by atoms with E-state index in [9.17, 15) is 13.6 Å². The van der Waals surface area contributed by atoms with E-state index in [0.29, 0.717) is 12.4 Å². The Kier molecular flexibility index (Phi) is 7.85. The molecular weight excluding hydrogens is 354 g/mol. The maximum atomic E-state index is 12.2. The molecule has 146 valence electrons. The van der Waals surface area contributed by atoms with Gasteiger partial charge >= 0.3 is 6.03 Å². The lowest BCUT2D eigenvalue weighted by molar-refractivity contribution is 0.0818. The van der Waals surface area contributed by atoms with Crippen molar-refractivity contribution in [3.63, 3.8) is 0 Å². The van der Waals surface area contributed by atoms with Gasteiger partial charge in [-0.05, 0) is 49.2 Å². The molecule has 2 amide bonds. The van der Waals surface area contributed by atoms with Gasteiger partial charge in [-0.25, -0.2) is 13.6 Å². The highest BCUT2D eigenvalue weighted by Crippen LogP contribution is 2.19. The number of benzene rings is 2. The van der Waals surface area contributed by atoms with Crippen LogP contribution in [0.15, 0.2) is 48.5 Å². The van der Waals surface area contributed by atoms with Crippen molar-refractivity contribution in [1.29, 1.82) is 0 Å². The van der Waals surface area contributed by atoms with Gasteiger partial charge in [0, 0.05) is 6.54 Å². The van der Waals surface area contributed by atoms with E-state index in [0.717, 1.165) is 16.9 Å². The van der Waals surface area contributed by atoms with Gasteiger partial charge in [0.25, 0.3) is 6.43 Å². The van der Waals surface area contributed by atoms with Crippen molar-refractivity contribution in [3.05, 3.63) is 59.7 Å². The number of nitrogens with one attached hydrogen (secondary N) is 2. The van der Waals surface area contributed by atoms with Gasteiger partial charge in [0.1, 0.15) is 18.1 Å². The monoisotopic (exact) mass is 378 g/mol. The lowest BCUT2D eigenvalue weighted by Crippen LogP contribution is -2.36. The van der Waals surface area contributed by atoms with Crippen LogP contribution in [0.25, 0.3) is 0 Å². The lowest BCUT2D eigenvalue weighted by atomic mass is 10.1. The molecule has 7 heteroatoms. The van der Waals surface area contributed by atoms with E-state index in [4.69, 9.17) is 9.47 Å². The number of amides is 2. The highest BCUT2D eigenvalue weighted by Gasteiger charge is 2.10. The first-order valence-corrected chi connectivity index (χ1v) is 8.75. The second-order valence-corrected chi connectivity index (χ2v) is 5.90. The zero-order chi connectivity index (χ0) is 19.6. The summed E-state index contributed by atoms with van der Waals surface area (Å²) in [6.45, 7) is 3.96. The maximum absolute atomic E-state index is 12.2. The zero-order valence-electron chi connectivity index (χ0n) is 15.4. The summed E-state index contributed by atoms with van der Waals surface area (Å²) in [7, 11) is 0. The molecule has 0 spiro atoms. The van der Waals surface area contributed by atoms with Crippen LogP contribution in [0.3, 0.4) is 0 Å². The summed E-state index contributed by atoms with van der Waals surface area (Å²) in [5.41, 5.74) is 1.68. The molecule has 2 rings (SSSR count). The SMILES string of the molecule is CCOc1cccc(C(C)NC(=O)NCc2cccc(OCC(F)F)c2)c1. The molecule has 0 aliphatic rings. The first-order chi connectivity index (χ1) is 13.0. The molecule has 27 heavy (non-hydrogen) atoms. The van der Waals surface area contributed by atoms with Gasteiger partial charge in [-0.2, -0.15) is 0 Å². The Hall–Kier alpha value is -2.83. The van der Waals surface area contributed by atoms with Crippen LogP contribution in [-0.2, 0) is 6.54 Å². The van der Waals surface area contributed by atoms with Crippen LogP contribution in [-0.4, -0.2) is 25.7 Å². The molecule has 0 aromatic heterocycles. The molecule has 1 unspecified atom stereocenters. The summed E-state index contributed by atoms with van der Waals surface area (Å²) in [5.74, 6) is 1.10. The minimum absolute atomic E-state index is 0.203. The molecule has 0 aliphatic heterocycles. The summed E-state index contributed by atoms with van der Waals surface area (Å²) in [5, 5.41) is 5.60. The minimum atomic E-state index is -2.53. The van der Waals surface area contributed by atoms with E-state index < -0.39 is 13.0 Å². The molecule has 0 radical (unpaired) electrons. The highest BCUT2D eigenvalue weighted by molar-refractivity contribution is 5.74. The lowest BCUT2D eigenvalue weighted by Gasteiger charge is -2.16. The van der Waals surface area contributed by atoms with Crippen LogP contribution in [0, 0.1) is 0 Å². The number of ether oxygens (including phenoxy) is 2. The molecule has 0 aliphatic carbocycles. The van der Waals surface area contributed by atoms with E-state index in [2.05, 4.69) is 10.6 Å². The molecular formula is C20H24F2N2O3. The van der Waals surface area contributed by atoms with Crippen molar-refractivity contribution >= 4 is 6.03 Å². The summed E-state index contributed by atoms with van der Waals surface area (Å²) < 4.78 is 34.9. The van der Waals surface area contributed by atoms with Crippen molar-refractivity contribution in [2.45, 2.75) is 32.9 Å². The van der Waals surface area contributed by atoms with Gasteiger partial charge in [0.2, 0.25) is 0 Å². The summed E-state index contributed by atoms with van der Waals surface area (Å²) >= 11 is 0. The number of rotatable bonds is 9. The van der Waals surface area contributed by atoms with E-state index in [-0.39, 0.29) is 18.6 Å². The number of hydrogen-bond donors (Lipinski definition) is 2. The topological polar surface area (TPSA) is 59.6 Å².